The Kier molecular flexibility index (Phi) is 5.38. The van der Waals surface area contributed by atoms with Crippen LogP contribution in [0.1, 0.15) is 39.0 Å². The molecule has 4 heteroatoms. The van der Waals surface area contributed by atoms with Crippen molar-refractivity contribution in [3.8, 4) is 0 Å². The molecule has 20 heavy (non-hydrogen) atoms. The lowest BCUT2D eigenvalue weighted by atomic mass is 9.90. The van der Waals surface area contributed by atoms with Gasteiger partial charge in [-0.1, -0.05) is 12.2 Å². The van der Waals surface area contributed by atoms with E-state index in [2.05, 4.69) is 12.2 Å². The summed E-state index contributed by atoms with van der Waals surface area (Å²) in [6.45, 7) is 1.89. The lowest BCUT2D eigenvalue weighted by Crippen LogP contribution is -2.21. The largest absolute Gasteiger partial charge is 0.460 e. The maximum atomic E-state index is 11.6. The zero-order valence-electron chi connectivity index (χ0n) is 11.9. The normalized spacial score (nSPS) is 42.5. The topological polar surface area (TPSA) is 66.8 Å². The number of rotatable bonds is 0. The number of hydrogen-bond acceptors (Lipinski definition) is 4. The van der Waals surface area contributed by atoms with Crippen molar-refractivity contribution in [3.63, 3.8) is 0 Å². The van der Waals surface area contributed by atoms with E-state index >= 15 is 0 Å². The van der Waals surface area contributed by atoms with Gasteiger partial charge in [-0.25, -0.2) is 4.79 Å². The highest BCUT2D eigenvalue weighted by Gasteiger charge is 2.35. The van der Waals surface area contributed by atoms with Crippen LogP contribution in [0.2, 0.25) is 0 Å². The molecule has 1 saturated carbocycles. The monoisotopic (exact) mass is 280 g/mol. The van der Waals surface area contributed by atoms with E-state index in [4.69, 9.17) is 4.74 Å². The van der Waals surface area contributed by atoms with Gasteiger partial charge in [-0.2, -0.15) is 0 Å². The number of aliphatic hydroxyl groups is 2. The molecule has 5 atom stereocenters. The van der Waals surface area contributed by atoms with E-state index in [0.29, 0.717) is 12.8 Å². The second-order valence-corrected chi connectivity index (χ2v) is 5.91. The summed E-state index contributed by atoms with van der Waals surface area (Å²) in [5, 5.41) is 20.0. The molecule has 0 aromatic carbocycles. The minimum Gasteiger partial charge on any atom is -0.460 e. The lowest BCUT2D eigenvalue weighted by molar-refractivity contribution is -0.142. The van der Waals surface area contributed by atoms with E-state index in [9.17, 15) is 15.0 Å². The van der Waals surface area contributed by atoms with Gasteiger partial charge in [0.15, 0.2) is 0 Å². The molecule has 2 rings (SSSR count). The minimum atomic E-state index is -0.717. The molecule has 2 aliphatic rings. The van der Waals surface area contributed by atoms with Gasteiger partial charge in [-0.05, 0) is 56.9 Å². The fourth-order valence-electron chi connectivity index (χ4n) is 3.10. The Morgan fingerprint density at radius 2 is 2.05 bits per heavy atom. The molecular weight excluding hydrogens is 256 g/mol. The van der Waals surface area contributed by atoms with Gasteiger partial charge in [0.1, 0.15) is 0 Å². The van der Waals surface area contributed by atoms with Crippen molar-refractivity contribution in [2.75, 3.05) is 0 Å². The highest BCUT2D eigenvalue weighted by molar-refractivity contribution is 5.82. The second-order valence-electron chi connectivity index (χ2n) is 5.91. The summed E-state index contributed by atoms with van der Waals surface area (Å²) >= 11 is 0. The van der Waals surface area contributed by atoms with E-state index in [1.54, 1.807) is 0 Å². The highest BCUT2D eigenvalue weighted by Crippen LogP contribution is 2.36. The zero-order valence-corrected chi connectivity index (χ0v) is 11.9. The Morgan fingerprint density at radius 3 is 2.85 bits per heavy atom. The molecule has 0 saturated heterocycles. The third kappa shape index (κ3) is 4.18. The van der Waals surface area contributed by atoms with Gasteiger partial charge in [0.2, 0.25) is 0 Å². The first-order valence-electron chi connectivity index (χ1n) is 7.48. The second kappa shape index (κ2) is 7.04. The average Bonchev–Trinajstić information content (AvgIpc) is 2.76. The van der Waals surface area contributed by atoms with E-state index < -0.39 is 12.1 Å². The van der Waals surface area contributed by atoms with Crippen LogP contribution in [0.25, 0.3) is 0 Å². The van der Waals surface area contributed by atoms with Crippen LogP contribution in [-0.2, 0) is 9.53 Å². The maximum absolute atomic E-state index is 11.6. The Balaban J connectivity index is 2.11. The molecule has 1 fully saturated rings. The molecule has 1 aliphatic heterocycles. The van der Waals surface area contributed by atoms with Crippen molar-refractivity contribution in [2.45, 2.75) is 57.3 Å². The van der Waals surface area contributed by atoms with Gasteiger partial charge in [-0.15, -0.1) is 0 Å². The van der Waals surface area contributed by atoms with Gasteiger partial charge in [0.25, 0.3) is 0 Å². The molecule has 0 spiro atoms. The summed E-state index contributed by atoms with van der Waals surface area (Å²) in [6.07, 6.45) is 9.87. The van der Waals surface area contributed by atoms with Gasteiger partial charge >= 0.3 is 5.97 Å². The Morgan fingerprint density at radius 1 is 1.25 bits per heavy atom. The van der Waals surface area contributed by atoms with Crippen molar-refractivity contribution < 1.29 is 19.7 Å². The zero-order chi connectivity index (χ0) is 14.5. The summed E-state index contributed by atoms with van der Waals surface area (Å²) in [7, 11) is 0. The molecule has 4 nitrogen and oxygen atoms in total. The van der Waals surface area contributed by atoms with Crippen LogP contribution in [0.3, 0.4) is 0 Å². The van der Waals surface area contributed by atoms with Crippen LogP contribution in [0.4, 0.5) is 0 Å². The van der Waals surface area contributed by atoms with E-state index in [0.717, 1.165) is 19.3 Å². The summed E-state index contributed by atoms with van der Waals surface area (Å²) in [5.41, 5.74) is 0. The first kappa shape index (κ1) is 15.3. The molecule has 112 valence electrons. The smallest absolute Gasteiger partial charge is 0.330 e. The number of cyclic esters (lactones) is 1. The Labute approximate surface area is 120 Å². The molecular formula is C16H24O4. The molecule has 2 N–H and O–H groups in total. The quantitative estimate of drug-likeness (QED) is 0.526. The summed E-state index contributed by atoms with van der Waals surface area (Å²) in [6, 6.07) is 0. The Bertz CT molecular complexity index is 388. The van der Waals surface area contributed by atoms with Crippen LogP contribution >= 0.6 is 0 Å². The number of carbonyl (C=O) groups excluding carboxylic acids is 1. The molecule has 0 radical (unpaired) electrons. The third-order valence-electron chi connectivity index (χ3n) is 4.19. The van der Waals surface area contributed by atoms with E-state index in [-0.39, 0.29) is 24.0 Å². The predicted molar refractivity (Wildman–Crippen MR) is 75.9 cm³/mol. The minimum absolute atomic E-state index is 0.0246. The Hall–Kier alpha value is -1.13. The van der Waals surface area contributed by atoms with Crippen molar-refractivity contribution in [1.82, 2.24) is 0 Å². The average molecular weight is 280 g/mol. The molecule has 0 amide bonds. The molecule has 0 aromatic rings. The number of fused-ring (bicyclic) bond motifs is 1. The van der Waals surface area contributed by atoms with Gasteiger partial charge in [-0.3, -0.25) is 0 Å². The molecule has 0 unspecified atom stereocenters. The van der Waals surface area contributed by atoms with Crippen LogP contribution < -0.4 is 0 Å². The van der Waals surface area contributed by atoms with E-state index in [1.165, 1.54) is 12.2 Å². The third-order valence-corrected chi connectivity index (χ3v) is 4.19. The summed E-state index contributed by atoms with van der Waals surface area (Å²) < 4.78 is 5.23. The molecule has 0 aromatic heterocycles. The van der Waals surface area contributed by atoms with Gasteiger partial charge in [0, 0.05) is 6.08 Å². The van der Waals surface area contributed by atoms with Gasteiger partial charge < -0.3 is 14.9 Å². The number of carbonyl (C=O) groups is 1. The van der Waals surface area contributed by atoms with Crippen LogP contribution in [-0.4, -0.2) is 34.5 Å². The van der Waals surface area contributed by atoms with Crippen molar-refractivity contribution >= 4 is 5.97 Å². The van der Waals surface area contributed by atoms with Gasteiger partial charge in [0.05, 0.1) is 18.3 Å². The first-order valence-corrected chi connectivity index (χ1v) is 7.48. The lowest BCUT2D eigenvalue weighted by Gasteiger charge is -2.19. The predicted octanol–water partition coefficient (Wildman–Crippen LogP) is 1.96. The fraction of sp³-hybridized carbons (Fsp3) is 0.688. The van der Waals surface area contributed by atoms with Crippen molar-refractivity contribution in [3.05, 3.63) is 24.3 Å². The molecule has 0 bridgehead atoms. The molecule has 1 heterocycles. The van der Waals surface area contributed by atoms with Crippen molar-refractivity contribution in [2.24, 2.45) is 11.8 Å². The van der Waals surface area contributed by atoms with Crippen LogP contribution in [0.15, 0.2) is 24.3 Å². The number of ether oxygens (including phenoxy) is 1. The standard InChI is InChI=1S/C16H24O4/c1-11-5-3-2-4-6-12-9-13(17)10-14(12)15(18)7-8-16(19)20-11/h4,6-8,11-15,17-18H,2-3,5,9-10H2,1H3/b6-4+,8-7-/t11-,12+,13-,14+,15+/m1/s1. The fourth-order valence-corrected chi connectivity index (χ4v) is 3.10. The number of allylic oxidation sites excluding steroid dienone is 2. The highest BCUT2D eigenvalue weighted by atomic mass is 16.5. The van der Waals surface area contributed by atoms with Crippen LogP contribution in [0.5, 0.6) is 0 Å². The number of esters is 1. The summed E-state index contributed by atoms with van der Waals surface area (Å²) in [4.78, 5) is 11.6. The van der Waals surface area contributed by atoms with Crippen molar-refractivity contribution in [1.29, 1.82) is 0 Å². The SMILES string of the molecule is C[C@@H]1CCC/C=C/[C@H]2C[C@@H](O)C[C@@H]2[C@@H](O)/C=C\C(=O)O1. The molecule has 1 aliphatic carbocycles. The maximum Gasteiger partial charge on any atom is 0.330 e. The van der Waals surface area contributed by atoms with E-state index in [1.807, 2.05) is 6.92 Å². The number of aliphatic hydroxyl groups excluding tert-OH is 2. The summed E-state index contributed by atoms with van der Waals surface area (Å²) in [5.74, 6) is -0.249. The first-order chi connectivity index (χ1) is 9.56. The van der Waals surface area contributed by atoms with Crippen LogP contribution in [0, 0.1) is 11.8 Å². The number of hydrogen-bond donors (Lipinski definition) is 2.